The number of rotatable bonds is 5. The van der Waals surface area contributed by atoms with Gasteiger partial charge in [0.25, 0.3) is 0 Å². The third kappa shape index (κ3) is 6.22. The van der Waals surface area contributed by atoms with Crippen molar-refractivity contribution in [1.82, 2.24) is 0 Å². The summed E-state index contributed by atoms with van der Waals surface area (Å²) in [7, 11) is 1.69. The zero-order valence-corrected chi connectivity index (χ0v) is 17.8. The number of anilines is 1. The quantitative estimate of drug-likeness (QED) is 0.624. The van der Waals surface area contributed by atoms with Crippen LogP contribution in [0.15, 0.2) is 48.5 Å². The maximum absolute atomic E-state index is 6.33. The van der Waals surface area contributed by atoms with Crippen molar-refractivity contribution >= 4 is 5.69 Å². The summed E-state index contributed by atoms with van der Waals surface area (Å²) in [6.45, 7) is 0. The fourth-order valence-electron chi connectivity index (χ4n) is 4.71. The van der Waals surface area contributed by atoms with E-state index in [2.05, 4.69) is 24.3 Å². The third-order valence-corrected chi connectivity index (χ3v) is 6.54. The number of hydrogen-bond donors (Lipinski definition) is 3. The van der Waals surface area contributed by atoms with Gasteiger partial charge in [0, 0.05) is 17.3 Å². The van der Waals surface area contributed by atoms with Gasteiger partial charge in [-0.1, -0.05) is 49.9 Å². The Bertz CT molecular complexity index is 730. The van der Waals surface area contributed by atoms with Gasteiger partial charge in [0.2, 0.25) is 0 Å². The lowest BCUT2D eigenvalue weighted by Gasteiger charge is -2.23. The number of hydrogen-bond acceptors (Lipinski definition) is 4. The van der Waals surface area contributed by atoms with Gasteiger partial charge in [-0.3, -0.25) is 0 Å². The van der Waals surface area contributed by atoms with E-state index in [0.717, 1.165) is 17.9 Å². The molecular weight excluding hydrogens is 358 g/mol. The second kappa shape index (κ2) is 10.1. The molecule has 2 aliphatic carbocycles. The fourth-order valence-corrected chi connectivity index (χ4v) is 4.71. The average molecular weight is 396 g/mol. The van der Waals surface area contributed by atoms with Gasteiger partial charge in [-0.15, -0.1) is 0 Å². The average Bonchev–Trinajstić information content (AvgIpc) is 3.41. The Labute approximate surface area is 175 Å². The summed E-state index contributed by atoms with van der Waals surface area (Å²) in [5.41, 5.74) is 21.6. The molecule has 0 aliphatic heterocycles. The molecular formula is C25H37N3O. The summed E-state index contributed by atoms with van der Waals surface area (Å²) in [4.78, 5) is 0. The first-order chi connectivity index (χ1) is 14.0. The first kappa shape index (κ1) is 21.7. The molecule has 0 amide bonds. The Morgan fingerprint density at radius 1 is 0.931 bits per heavy atom. The van der Waals surface area contributed by atoms with Crippen LogP contribution >= 0.6 is 0 Å². The number of methoxy groups -OCH3 is 1. The lowest BCUT2D eigenvalue weighted by molar-refractivity contribution is 0.413. The molecule has 0 bridgehead atoms. The Morgan fingerprint density at radius 3 is 2.07 bits per heavy atom. The second-order valence-electron chi connectivity index (χ2n) is 8.83. The van der Waals surface area contributed by atoms with Crippen LogP contribution in [-0.2, 0) is 6.42 Å². The van der Waals surface area contributed by atoms with Crippen molar-refractivity contribution in [1.29, 1.82) is 0 Å². The molecule has 0 heterocycles. The van der Waals surface area contributed by atoms with Gasteiger partial charge >= 0.3 is 0 Å². The number of nitrogens with two attached hydrogens (primary N) is 3. The van der Waals surface area contributed by atoms with Crippen LogP contribution in [0.3, 0.4) is 0 Å². The Kier molecular flexibility index (Phi) is 7.57. The summed E-state index contributed by atoms with van der Waals surface area (Å²) >= 11 is 0. The first-order valence-electron chi connectivity index (χ1n) is 11.0. The van der Waals surface area contributed by atoms with Crippen molar-refractivity contribution in [2.45, 2.75) is 69.4 Å². The molecule has 0 radical (unpaired) electrons. The van der Waals surface area contributed by atoms with Crippen molar-refractivity contribution in [3.8, 4) is 5.75 Å². The monoisotopic (exact) mass is 395 g/mol. The lowest BCUT2D eigenvalue weighted by atomic mass is 9.90. The lowest BCUT2D eigenvalue weighted by Crippen LogP contribution is -2.38. The minimum atomic E-state index is 0.0502. The largest absolute Gasteiger partial charge is 0.497 e. The van der Waals surface area contributed by atoms with E-state index in [1.54, 1.807) is 7.11 Å². The van der Waals surface area contributed by atoms with Crippen molar-refractivity contribution in [3.63, 3.8) is 0 Å². The highest BCUT2D eigenvalue weighted by molar-refractivity contribution is 5.40. The zero-order chi connectivity index (χ0) is 20.7. The van der Waals surface area contributed by atoms with Gasteiger partial charge < -0.3 is 21.9 Å². The second-order valence-corrected chi connectivity index (χ2v) is 8.83. The maximum atomic E-state index is 6.33. The standard InChI is InChI=1S/C13H19NO.C12H18N2/c1-15-12-6-4-11(5-7-12)10-13(14)8-2-3-9-13;13-11-7-5-10(6-8-11)12(14)9-3-1-2-4-9/h4-7H,2-3,8-10,14H2,1H3;5-9,12H,1-4,13-14H2. The number of nitrogen functional groups attached to an aromatic ring is 1. The van der Waals surface area contributed by atoms with E-state index < -0.39 is 0 Å². The van der Waals surface area contributed by atoms with Crippen molar-refractivity contribution < 1.29 is 4.74 Å². The normalized spacial score (nSPS) is 19.4. The third-order valence-electron chi connectivity index (χ3n) is 6.54. The molecule has 4 nitrogen and oxygen atoms in total. The molecule has 0 spiro atoms. The predicted octanol–water partition coefficient (Wildman–Crippen LogP) is 4.97. The Balaban J connectivity index is 0.000000166. The molecule has 2 saturated carbocycles. The van der Waals surface area contributed by atoms with E-state index in [4.69, 9.17) is 21.9 Å². The van der Waals surface area contributed by atoms with E-state index in [1.807, 2.05) is 24.3 Å². The van der Waals surface area contributed by atoms with Crippen LogP contribution < -0.4 is 21.9 Å². The minimum absolute atomic E-state index is 0.0502. The van der Waals surface area contributed by atoms with Crippen LogP contribution in [0.1, 0.15) is 68.5 Å². The van der Waals surface area contributed by atoms with Gasteiger partial charge in [-0.2, -0.15) is 0 Å². The van der Waals surface area contributed by atoms with E-state index in [-0.39, 0.29) is 11.6 Å². The summed E-state index contributed by atoms with van der Waals surface area (Å²) in [6, 6.07) is 16.4. The van der Waals surface area contributed by atoms with Gasteiger partial charge in [0.15, 0.2) is 0 Å². The van der Waals surface area contributed by atoms with Crippen LogP contribution in [0.4, 0.5) is 5.69 Å². The molecule has 2 aliphatic rings. The van der Waals surface area contributed by atoms with Crippen molar-refractivity contribution in [3.05, 3.63) is 59.7 Å². The Morgan fingerprint density at radius 2 is 1.52 bits per heavy atom. The molecule has 0 aromatic heterocycles. The minimum Gasteiger partial charge on any atom is -0.497 e. The summed E-state index contributed by atoms with van der Waals surface area (Å²) in [6.07, 6.45) is 11.1. The SMILES string of the molecule is COc1ccc(CC2(N)CCCC2)cc1.Nc1ccc(C(N)C2CCCC2)cc1. The molecule has 29 heavy (non-hydrogen) atoms. The molecule has 2 fully saturated rings. The molecule has 1 atom stereocenters. The zero-order valence-electron chi connectivity index (χ0n) is 17.8. The van der Waals surface area contributed by atoms with Crippen molar-refractivity contribution in [2.24, 2.45) is 17.4 Å². The van der Waals surface area contributed by atoms with Gasteiger partial charge in [-0.25, -0.2) is 0 Å². The summed E-state index contributed by atoms with van der Waals surface area (Å²) in [5, 5.41) is 0. The highest BCUT2D eigenvalue weighted by atomic mass is 16.5. The van der Waals surface area contributed by atoms with Crippen LogP contribution in [0.5, 0.6) is 5.75 Å². The summed E-state index contributed by atoms with van der Waals surface area (Å²) in [5.74, 6) is 1.59. The topological polar surface area (TPSA) is 87.3 Å². The molecule has 158 valence electrons. The molecule has 2 aromatic carbocycles. The highest BCUT2D eigenvalue weighted by Gasteiger charge is 2.29. The summed E-state index contributed by atoms with van der Waals surface area (Å²) < 4.78 is 5.13. The molecule has 0 saturated heterocycles. The van der Waals surface area contributed by atoms with E-state index in [0.29, 0.717) is 5.92 Å². The number of ether oxygens (including phenoxy) is 1. The van der Waals surface area contributed by atoms with Crippen LogP contribution in [-0.4, -0.2) is 12.6 Å². The smallest absolute Gasteiger partial charge is 0.118 e. The Hall–Kier alpha value is -2.04. The van der Waals surface area contributed by atoms with Gasteiger partial charge in [-0.05, 0) is 73.4 Å². The van der Waals surface area contributed by atoms with Crippen LogP contribution in [0.2, 0.25) is 0 Å². The van der Waals surface area contributed by atoms with E-state index in [9.17, 15) is 0 Å². The predicted molar refractivity (Wildman–Crippen MR) is 122 cm³/mol. The molecule has 4 heteroatoms. The van der Waals surface area contributed by atoms with Gasteiger partial charge in [0.05, 0.1) is 7.11 Å². The van der Waals surface area contributed by atoms with E-state index >= 15 is 0 Å². The molecule has 2 aromatic rings. The highest BCUT2D eigenvalue weighted by Crippen LogP contribution is 2.34. The molecule has 1 unspecified atom stereocenters. The first-order valence-corrected chi connectivity index (χ1v) is 11.0. The molecule has 4 rings (SSSR count). The fraction of sp³-hybridized carbons (Fsp3) is 0.520. The van der Waals surface area contributed by atoms with Crippen LogP contribution in [0, 0.1) is 5.92 Å². The van der Waals surface area contributed by atoms with Crippen molar-refractivity contribution in [2.75, 3.05) is 12.8 Å². The molecule has 6 N–H and O–H groups in total. The maximum Gasteiger partial charge on any atom is 0.118 e. The number of benzene rings is 2. The van der Waals surface area contributed by atoms with E-state index in [1.165, 1.54) is 62.5 Å². The van der Waals surface area contributed by atoms with Gasteiger partial charge in [0.1, 0.15) is 5.75 Å². The van der Waals surface area contributed by atoms with Crippen LogP contribution in [0.25, 0.3) is 0 Å².